The summed E-state index contributed by atoms with van der Waals surface area (Å²) < 4.78 is 36.9. The number of hydrogen-bond acceptors (Lipinski definition) is 3. The smallest absolute Gasteiger partial charge is 0.425 e. The van der Waals surface area contributed by atoms with Gasteiger partial charge in [-0.3, -0.25) is 0 Å². The van der Waals surface area contributed by atoms with Gasteiger partial charge in [0.2, 0.25) is 0 Å². The molecule has 0 aliphatic carbocycles. The van der Waals surface area contributed by atoms with Crippen LogP contribution in [0.5, 0.6) is 0 Å². The lowest BCUT2D eigenvalue weighted by atomic mass is 10.4. The molecule has 0 bridgehead atoms. The fourth-order valence-corrected chi connectivity index (χ4v) is 2.79. The second-order valence-corrected chi connectivity index (χ2v) is 4.90. The minimum Gasteiger partial charge on any atom is -0.477 e. The van der Waals surface area contributed by atoms with Gasteiger partial charge in [-0.2, -0.15) is 13.2 Å². The standard InChI is InChI=1S/C8H7F3O2S2/c1-2-14-4-3-5(8(9,10)11)15-6(4)7(12)13/h3H,2H2,1H3,(H,12,13). The molecule has 2 nitrogen and oxygen atoms in total. The molecule has 0 aromatic carbocycles. The molecule has 15 heavy (non-hydrogen) atoms. The summed E-state index contributed by atoms with van der Waals surface area (Å²) in [5, 5.41) is 8.70. The minimum absolute atomic E-state index is 0.183. The predicted molar refractivity (Wildman–Crippen MR) is 52.7 cm³/mol. The van der Waals surface area contributed by atoms with Crippen LogP contribution in [0.15, 0.2) is 11.0 Å². The molecular formula is C8H7F3O2S2. The Labute approximate surface area is 92.1 Å². The zero-order valence-corrected chi connectivity index (χ0v) is 9.22. The number of aromatic carboxylic acids is 1. The molecular weight excluding hydrogens is 249 g/mol. The highest BCUT2D eigenvalue weighted by molar-refractivity contribution is 7.99. The van der Waals surface area contributed by atoms with E-state index >= 15 is 0 Å². The molecule has 0 atom stereocenters. The molecule has 7 heteroatoms. The average Bonchev–Trinajstić information content (AvgIpc) is 2.48. The molecule has 1 aromatic heterocycles. The van der Waals surface area contributed by atoms with E-state index in [1.807, 2.05) is 0 Å². The van der Waals surface area contributed by atoms with Gasteiger partial charge < -0.3 is 5.11 Å². The number of carbonyl (C=O) groups is 1. The van der Waals surface area contributed by atoms with E-state index < -0.39 is 17.0 Å². The molecule has 0 aliphatic rings. The molecule has 1 aromatic rings. The Bertz CT molecular complexity index is 370. The van der Waals surface area contributed by atoms with Gasteiger partial charge in [0.15, 0.2) is 0 Å². The maximum atomic E-state index is 12.3. The number of hydrogen-bond donors (Lipinski definition) is 1. The molecule has 1 N–H and O–H groups in total. The van der Waals surface area contributed by atoms with Crippen LogP contribution in [0.4, 0.5) is 13.2 Å². The Morgan fingerprint density at radius 1 is 1.60 bits per heavy atom. The Balaban J connectivity index is 3.15. The van der Waals surface area contributed by atoms with Crippen LogP contribution in [0.25, 0.3) is 0 Å². The number of alkyl halides is 3. The van der Waals surface area contributed by atoms with Crippen molar-refractivity contribution in [3.8, 4) is 0 Å². The maximum absolute atomic E-state index is 12.3. The first-order valence-electron chi connectivity index (χ1n) is 3.93. The lowest BCUT2D eigenvalue weighted by Crippen LogP contribution is -2.00. The zero-order valence-electron chi connectivity index (χ0n) is 7.59. The lowest BCUT2D eigenvalue weighted by molar-refractivity contribution is -0.134. The summed E-state index contributed by atoms with van der Waals surface area (Å²) in [6, 6.07) is 0.891. The monoisotopic (exact) mass is 256 g/mol. The first kappa shape index (κ1) is 12.4. The highest BCUT2D eigenvalue weighted by Gasteiger charge is 2.34. The van der Waals surface area contributed by atoms with Gasteiger partial charge in [-0.1, -0.05) is 6.92 Å². The van der Waals surface area contributed by atoms with E-state index in [9.17, 15) is 18.0 Å². The van der Waals surface area contributed by atoms with Crippen molar-refractivity contribution in [2.45, 2.75) is 18.0 Å². The lowest BCUT2D eigenvalue weighted by Gasteiger charge is -2.00. The van der Waals surface area contributed by atoms with E-state index in [1.54, 1.807) is 6.92 Å². The van der Waals surface area contributed by atoms with Gasteiger partial charge in [-0.15, -0.1) is 23.1 Å². The Kier molecular flexibility index (Phi) is 3.67. The Morgan fingerprint density at radius 2 is 2.20 bits per heavy atom. The third-order valence-corrected chi connectivity index (χ3v) is 3.69. The predicted octanol–water partition coefficient (Wildman–Crippen LogP) is 3.58. The maximum Gasteiger partial charge on any atom is 0.425 e. The zero-order chi connectivity index (χ0) is 11.6. The molecule has 84 valence electrons. The van der Waals surface area contributed by atoms with Crippen LogP contribution in [0.1, 0.15) is 21.5 Å². The van der Waals surface area contributed by atoms with Gasteiger partial charge >= 0.3 is 12.1 Å². The second-order valence-electron chi connectivity index (χ2n) is 2.54. The van der Waals surface area contributed by atoms with Crippen molar-refractivity contribution < 1.29 is 23.1 Å². The largest absolute Gasteiger partial charge is 0.477 e. The van der Waals surface area contributed by atoms with Crippen molar-refractivity contribution in [3.05, 3.63) is 15.8 Å². The van der Waals surface area contributed by atoms with Gasteiger partial charge in [0, 0.05) is 4.90 Å². The van der Waals surface area contributed by atoms with E-state index in [1.165, 1.54) is 0 Å². The Morgan fingerprint density at radius 3 is 2.60 bits per heavy atom. The third kappa shape index (κ3) is 2.88. The van der Waals surface area contributed by atoms with Gasteiger partial charge in [0.05, 0.1) is 0 Å². The second kappa shape index (κ2) is 4.44. The fourth-order valence-electron chi connectivity index (χ4n) is 0.926. The quantitative estimate of drug-likeness (QED) is 0.840. The molecule has 0 unspecified atom stereocenters. The molecule has 0 fully saturated rings. The highest BCUT2D eigenvalue weighted by atomic mass is 32.2. The first-order valence-corrected chi connectivity index (χ1v) is 5.73. The van der Waals surface area contributed by atoms with Gasteiger partial charge in [0.25, 0.3) is 0 Å². The summed E-state index contributed by atoms with van der Waals surface area (Å²) in [4.78, 5) is 9.74. The average molecular weight is 256 g/mol. The van der Waals surface area contributed by atoms with Crippen molar-refractivity contribution >= 4 is 29.1 Å². The Hall–Kier alpha value is -0.690. The van der Waals surface area contributed by atoms with Crippen molar-refractivity contribution in [1.82, 2.24) is 0 Å². The summed E-state index contributed by atoms with van der Waals surface area (Å²) in [5.74, 6) is -0.777. The number of carboxylic acids is 1. The molecule has 0 radical (unpaired) electrons. The topological polar surface area (TPSA) is 37.3 Å². The van der Waals surface area contributed by atoms with Crippen LogP contribution < -0.4 is 0 Å². The van der Waals surface area contributed by atoms with Gasteiger partial charge in [-0.25, -0.2) is 4.79 Å². The molecule has 1 heterocycles. The van der Waals surface area contributed by atoms with Gasteiger partial charge in [0.1, 0.15) is 9.75 Å². The van der Waals surface area contributed by atoms with Crippen LogP contribution >= 0.6 is 23.1 Å². The summed E-state index contributed by atoms with van der Waals surface area (Å²) in [5.41, 5.74) is 0. The van der Waals surface area contributed by atoms with Crippen LogP contribution in [-0.2, 0) is 6.18 Å². The van der Waals surface area contributed by atoms with E-state index in [2.05, 4.69) is 0 Å². The summed E-state index contributed by atoms with van der Waals surface area (Å²) >= 11 is 1.37. The normalized spacial score (nSPS) is 11.7. The number of carboxylic acid groups (broad SMARTS) is 1. The van der Waals surface area contributed by atoms with Crippen molar-refractivity contribution in [2.24, 2.45) is 0 Å². The summed E-state index contributed by atoms with van der Waals surface area (Å²) in [6.07, 6.45) is -4.47. The van der Waals surface area contributed by atoms with E-state index in [-0.39, 0.29) is 21.1 Å². The van der Waals surface area contributed by atoms with Crippen LogP contribution in [0.3, 0.4) is 0 Å². The SMILES string of the molecule is CCSc1cc(C(F)(F)F)sc1C(=O)O. The number of halogens is 3. The summed E-state index contributed by atoms with van der Waals surface area (Å²) in [7, 11) is 0. The molecule has 0 aliphatic heterocycles. The molecule has 0 saturated heterocycles. The third-order valence-electron chi connectivity index (χ3n) is 1.47. The van der Waals surface area contributed by atoms with Crippen LogP contribution in [0.2, 0.25) is 0 Å². The molecule has 0 saturated carbocycles. The van der Waals surface area contributed by atoms with Crippen molar-refractivity contribution in [3.63, 3.8) is 0 Å². The minimum atomic E-state index is -4.47. The molecule has 1 rings (SSSR count). The van der Waals surface area contributed by atoms with Gasteiger partial charge in [-0.05, 0) is 11.8 Å². The molecule has 0 amide bonds. The van der Waals surface area contributed by atoms with Crippen LogP contribution in [-0.4, -0.2) is 16.8 Å². The van der Waals surface area contributed by atoms with Crippen molar-refractivity contribution in [2.75, 3.05) is 5.75 Å². The number of thiophene rings is 1. The van der Waals surface area contributed by atoms with E-state index in [4.69, 9.17) is 5.11 Å². The fraction of sp³-hybridized carbons (Fsp3) is 0.375. The van der Waals surface area contributed by atoms with Crippen LogP contribution in [0, 0.1) is 0 Å². The number of thioether (sulfide) groups is 1. The number of rotatable bonds is 3. The van der Waals surface area contributed by atoms with Crippen molar-refractivity contribution in [1.29, 1.82) is 0 Å². The highest BCUT2D eigenvalue weighted by Crippen LogP contribution is 2.40. The van der Waals surface area contributed by atoms with E-state index in [0.29, 0.717) is 5.75 Å². The summed E-state index contributed by atoms with van der Waals surface area (Å²) in [6.45, 7) is 1.75. The van der Waals surface area contributed by atoms with E-state index in [0.717, 1.165) is 17.8 Å². The molecule has 0 spiro atoms. The first-order chi connectivity index (χ1) is 6.86.